The smallest absolute Gasteiger partial charge is 0.263 e. The van der Waals surface area contributed by atoms with Gasteiger partial charge >= 0.3 is 0 Å². The highest BCUT2D eigenvalue weighted by atomic mass is 16.5. The van der Waals surface area contributed by atoms with E-state index < -0.39 is 0 Å². The van der Waals surface area contributed by atoms with E-state index in [-0.39, 0.29) is 12.0 Å². The van der Waals surface area contributed by atoms with E-state index in [4.69, 9.17) is 4.74 Å². The Balaban J connectivity index is 2.04. The molecule has 1 amide bonds. The molecule has 0 N–H and O–H groups in total. The van der Waals surface area contributed by atoms with Crippen molar-refractivity contribution in [3.63, 3.8) is 0 Å². The minimum atomic E-state index is -0.360. The second-order valence-electron chi connectivity index (χ2n) is 5.81. The molecule has 20 heavy (non-hydrogen) atoms. The monoisotopic (exact) mass is 275 g/mol. The number of carbonyl (C=O) groups excluding carboxylic acids is 1. The SMILES string of the molecule is CC[C@H](Oc1ccccc1C)C(=O)N1CCC[C@H](C)C1. The number of carbonyl (C=O) groups is 1. The Morgan fingerprint density at radius 2 is 2.20 bits per heavy atom. The van der Waals surface area contributed by atoms with Crippen molar-refractivity contribution in [2.24, 2.45) is 5.92 Å². The van der Waals surface area contributed by atoms with E-state index in [9.17, 15) is 4.79 Å². The van der Waals surface area contributed by atoms with E-state index >= 15 is 0 Å². The summed E-state index contributed by atoms with van der Waals surface area (Å²) in [6.45, 7) is 7.97. The van der Waals surface area contributed by atoms with Crippen molar-refractivity contribution in [2.75, 3.05) is 13.1 Å². The molecule has 2 atom stereocenters. The summed E-state index contributed by atoms with van der Waals surface area (Å²) in [5.41, 5.74) is 1.07. The van der Waals surface area contributed by atoms with Crippen LogP contribution in [0.1, 0.15) is 38.7 Å². The van der Waals surface area contributed by atoms with Gasteiger partial charge in [0.1, 0.15) is 5.75 Å². The molecule has 1 saturated heterocycles. The van der Waals surface area contributed by atoms with Crippen LogP contribution in [0.25, 0.3) is 0 Å². The maximum Gasteiger partial charge on any atom is 0.263 e. The van der Waals surface area contributed by atoms with E-state index in [1.165, 1.54) is 6.42 Å². The summed E-state index contributed by atoms with van der Waals surface area (Å²) in [6.07, 6.45) is 2.67. The van der Waals surface area contributed by atoms with E-state index in [0.717, 1.165) is 30.8 Å². The molecule has 1 heterocycles. The first-order valence-electron chi connectivity index (χ1n) is 7.63. The maximum absolute atomic E-state index is 12.6. The van der Waals surface area contributed by atoms with Gasteiger partial charge in [-0.2, -0.15) is 0 Å². The van der Waals surface area contributed by atoms with Crippen molar-refractivity contribution in [3.8, 4) is 5.75 Å². The normalized spacial score (nSPS) is 20.6. The zero-order valence-corrected chi connectivity index (χ0v) is 12.8. The van der Waals surface area contributed by atoms with Gasteiger partial charge in [0.05, 0.1) is 0 Å². The van der Waals surface area contributed by atoms with Crippen LogP contribution in [0.2, 0.25) is 0 Å². The van der Waals surface area contributed by atoms with E-state index in [1.54, 1.807) is 0 Å². The number of nitrogens with zero attached hydrogens (tertiary/aromatic N) is 1. The fourth-order valence-electron chi connectivity index (χ4n) is 2.74. The summed E-state index contributed by atoms with van der Waals surface area (Å²) >= 11 is 0. The van der Waals surface area contributed by atoms with Crippen molar-refractivity contribution in [1.29, 1.82) is 0 Å². The van der Waals surface area contributed by atoms with Crippen LogP contribution in [0.15, 0.2) is 24.3 Å². The van der Waals surface area contributed by atoms with Gasteiger partial charge in [0, 0.05) is 13.1 Å². The number of aryl methyl sites for hydroxylation is 1. The van der Waals surface area contributed by atoms with Gasteiger partial charge in [-0.3, -0.25) is 4.79 Å². The van der Waals surface area contributed by atoms with Crippen molar-refractivity contribution in [1.82, 2.24) is 4.90 Å². The highest BCUT2D eigenvalue weighted by Crippen LogP contribution is 2.22. The molecule has 3 nitrogen and oxygen atoms in total. The van der Waals surface area contributed by atoms with Crippen LogP contribution >= 0.6 is 0 Å². The van der Waals surface area contributed by atoms with Crippen LogP contribution in [0.4, 0.5) is 0 Å². The average molecular weight is 275 g/mol. The molecule has 1 aromatic rings. The molecule has 1 aliphatic heterocycles. The second kappa shape index (κ2) is 6.78. The summed E-state index contributed by atoms with van der Waals surface area (Å²) < 4.78 is 5.95. The number of ether oxygens (including phenoxy) is 1. The second-order valence-corrected chi connectivity index (χ2v) is 5.81. The fourth-order valence-corrected chi connectivity index (χ4v) is 2.74. The summed E-state index contributed by atoms with van der Waals surface area (Å²) in [6, 6.07) is 7.87. The van der Waals surface area contributed by atoms with Crippen molar-refractivity contribution < 1.29 is 9.53 Å². The number of benzene rings is 1. The molecule has 3 heteroatoms. The number of amides is 1. The highest BCUT2D eigenvalue weighted by molar-refractivity contribution is 5.81. The first-order valence-corrected chi connectivity index (χ1v) is 7.63. The Bertz CT molecular complexity index is 458. The van der Waals surface area contributed by atoms with Crippen LogP contribution in [-0.4, -0.2) is 30.0 Å². The summed E-state index contributed by atoms with van der Waals surface area (Å²) in [5.74, 6) is 1.56. The van der Waals surface area contributed by atoms with Crippen molar-refractivity contribution >= 4 is 5.91 Å². The van der Waals surface area contributed by atoms with Crippen molar-refractivity contribution in [3.05, 3.63) is 29.8 Å². The molecule has 0 radical (unpaired) electrons. The zero-order valence-electron chi connectivity index (χ0n) is 12.8. The number of rotatable bonds is 4. The van der Waals surface area contributed by atoms with Crippen LogP contribution in [-0.2, 0) is 4.79 Å². The number of hydrogen-bond donors (Lipinski definition) is 0. The van der Waals surface area contributed by atoms with E-state index in [2.05, 4.69) is 6.92 Å². The third kappa shape index (κ3) is 3.53. The van der Waals surface area contributed by atoms with Gasteiger partial charge in [-0.15, -0.1) is 0 Å². The van der Waals surface area contributed by atoms with E-state index in [0.29, 0.717) is 12.3 Å². The first kappa shape index (κ1) is 14.9. The van der Waals surface area contributed by atoms with Gasteiger partial charge in [-0.05, 0) is 43.7 Å². The maximum atomic E-state index is 12.6. The fraction of sp³-hybridized carbons (Fsp3) is 0.588. The summed E-state index contributed by atoms with van der Waals surface area (Å²) in [7, 11) is 0. The molecule has 1 aliphatic rings. The molecule has 1 aromatic carbocycles. The van der Waals surface area contributed by atoms with Crippen LogP contribution in [0.3, 0.4) is 0 Å². The molecular weight excluding hydrogens is 250 g/mol. The number of para-hydroxylation sites is 1. The first-order chi connectivity index (χ1) is 9.61. The Morgan fingerprint density at radius 1 is 1.45 bits per heavy atom. The third-order valence-electron chi connectivity index (χ3n) is 3.98. The van der Waals surface area contributed by atoms with Gasteiger partial charge in [0.25, 0.3) is 5.91 Å². The zero-order chi connectivity index (χ0) is 14.5. The topological polar surface area (TPSA) is 29.5 Å². The lowest BCUT2D eigenvalue weighted by molar-refractivity contribution is -0.140. The molecule has 2 rings (SSSR count). The third-order valence-corrected chi connectivity index (χ3v) is 3.98. The molecule has 0 saturated carbocycles. The van der Waals surface area contributed by atoms with Crippen LogP contribution in [0, 0.1) is 12.8 Å². The largest absolute Gasteiger partial charge is 0.480 e. The van der Waals surface area contributed by atoms with Gasteiger partial charge in [0.15, 0.2) is 6.10 Å². The lowest BCUT2D eigenvalue weighted by atomic mass is 9.99. The number of piperidine rings is 1. The molecule has 110 valence electrons. The Hall–Kier alpha value is -1.51. The number of hydrogen-bond acceptors (Lipinski definition) is 2. The Labute approximate surface area is 121 Å². The van der Waals surface area contributed by atoms with E-state index in [1.807, 2.05) is 43.0 Å². The Kier molecular flexibility index (Phi) is 5.05. The van der Waals surface area contributed by atoms with Crippen LogP contribution < -0.4 is 4.74 Å². The lowest BCUT2D eigenvalue weighted by Gasteiger charge is -2.33. The molecule has 0 aliphatic carbocycles. The van der Waals surface area contributed by atoms with Crippen molar-refractivity contribution in [2.45, 2.75) is 46.1 Å². The Morgan fingerprint density at radius 3 is 2.85 bits per heavy atom. The summed E-state index contributed by atoms with van der Waals surface area (Å²) in [5, 5.41) is 0. The highest BCUT2D eigenvalue weighted by Gasteiger charge is 2.28. The van der Waals surface area contributed by atoms with Gasteiger partial charge in [0.2, 0.25) is 0 Å². The quantitative estimate of drug-likeness (QED) is 0.842. The molecule has 1 fully saturated rings. The average Bonchev–Trinajstić information content (AvgIpc) is 2.46. The molecule has 0 unspecified atom stereocenters. The molecule has 0 aromatic heterocycles. The number of likely N-dealkylation sites (tertiary alicyclic amines) is 1. The molecule has 0 spiro atoms. The van der Waals surface area contributed by atoms with Gasteiger partial charge < -0.3 is 9.64 Å². The van der Waals surface area contributed by atoms with Crippen LogP contribution in [0.5, 0.6) is 5.75 Å². The van der Waals surface area contributed by atoms with Gasteiger partial charge in [-0.25, -0.2) is 0 Å². The summed E-state index contributed by atoms with van der Waals surface area (Å²) in [4.78, 5) is 14.6. The predicted octanol–water partition coefficient (Wildman–Crippen LogP) is 3.41. The lowest BCUT2D eigenvalue weighted by Crippen LogP contribution is -2.46. The minimum absolute atomic E-state index is 0.141. The molecule has 0 bridgehead atoms. The van der Waals surface area contributed by atoms with Gasteiger partial charge in [-0.1, -0.05) is 32.0 Å². The minimum Gasteiger partial charge on any atom is -0.480 e. The molecular formula is C17H25NO2. The predicted molar refractivity (Wildman–Crippen MR) is 80.9 cm³/mol. The standard InChI is InChI=1S/C17H25NO2/c1-4-15(20-16-10-6-5-9-14(16)3)17(19)18-11-7-8-13(2)12-18/h5-6,9-10,13,15H,4,7-8,11-12H2,1-3H3/t13-,15-/m0/s1.